The Hall–Kier alpha value is -3.61. The Kier molecular flexibility index (Phi) is 5.99. The molecule has 0 bridgehead atoms. The number of anilines is 1. The highest BCUT2D eigenvalue weighted by Crippen LogP contribution is 2.44. The van der Waals surface area contributed by atoms with Crippen molar-refractivity contribution in [3.05, 3.63) is 70.2 Å². The number of aromatic nitrogens is 1. The van der Waals surface area contributed by atoms with Gasteiger partial charge in [0.25, 0.3) is 5.91 Å². The van der Waals surface area contributed by atoms with E-state index in [1.54, 1.807) is 26.5 Å². The highest BCUT2D eigenvalue weighted by atomic mass is 16.5. The number of allylic oxidation sites excluding steroid dienone is 3. The minimum Gasteiger partial charge on any atom is -0.493 e. The summed E-state index contributed by atoms with van der Waals surface area (Å²) in [6.07, 6.45) is 3.70. The zero-order valence-electron chi connectivity index (χ0n) is 18.7. The van der Waals surface area contributed by atoms with E-state index in [1.165, 1.54) is 0 Å². The van der Waals surface area contributed by atoms with Crippen molar-refractivity contribution in [2.75, 3.05) is 19.5 Å². The van der Waals surface area contributed by atoms with Crippen molar-refractivity contribution in [2.24, 2.45) is 0 Å². The fraction of sp³-hybridized carbons (Fsp3) is 0.320. The highest BCUT2D eigenvalue weighted by molar-refractivity contribution is 6.09. The van der Waals surface area contributed by atoms with E-state index >= 15 is 0 Å². The molecule has 32 heavy (non-hydrogen) atoms. The van der Waals surface area contributed by atoms with Crippen LogP contribution >= 0.6 is 0 Å². The Morgan fingerprint density at radius 2 is 1.88 bits per heavy atom. The number of ketones is 1. The number of hydrogen-bond acceptors (Lipinski definition) is 6. The van der Waals surface area contributed by atoms with Crippen molar-refractivity contribution in [1.29, 1.82) is 0 Å². The molecule has 0 spiro atoms. The Morgan fingerprint density at radius 1 is 1.09 bits per heavy atom. The Balaban J connectivity index is 1.82. The molecule has 0 fully saturated rings. The lowest BCUT2D eigenvalue weighted by molar-refractivity contribution is -0.116. The molecule has 0 unspecified atom stereocenters. The van der Waals surface area contributed by atoms with E-state index < -0.39 is 5.92 Å². The molecule has 1 amide bonds. The van der Waals surface area contributed by atoms with Crippen LogP contribution in [-0.2, 0) is 9.59 Å². The van der Waals surface area contributed by atoms with Crippen LogP contribution in [0.4, 0.5) is 5.82 Å². The number of ether oxygens (including phenoxy) is 2. The summed E-state index contributed by atoms with van der Waals surface area (Å²) in [5.41, 5.74) is 4.55. The number of hydrogen-bond donors (Lipinski definition) is 2. The van der Waals surface area contributed by atoms with Crippen molar-refractivity contribution in [2.45, 2.75) is 39.0 Å². The van der Waals surface area contributed by atoms with Gasteiger partial charge in [-0.1, -0.05) is 6.07 Å². The van der Waals surface area contributed by atoms with Gasteiger partial charge in [0, 0.05) is 41.1 Å². The number of carbonyl (C=O) groups is 2. The van der Waals surface area contributed by atoms with Gasteiger partial charge in [-0.15, -0.1) is 0 Å². The first-order valence-electron chi connectivity index (χ1n) is 10.6. The molecule has 2 N–H and O–H groups in total. The molecule has 4 rings (SSSR count). The van der Waals surface area contributed by atoms with E-state index in [1.807, 2.05) is 38.1 Å². The number of aryl methyl sites for hydroxylation is 1. The number of carbonyl (C=O) groups excluding carboxylic acids is 2. The number of nitrogens with zero attached hydrogens (tertiary/aromatic N) is 1. The molecule has 0 saturated heterocycles. The maximum atomic E-state index is 13.5. The molecule has 1 aromatic carbocycles. The highest BCUT2D eigenvalue weighted by Gasteiger charge is 2.38. The number of nitrogens with one attached hydrogen (secondary N) is 2. The first kappa shape index (κ1) is 21.6. The third-order valence-corrected chi connectivity index (χ3v) is 5.92. The van der Waals surface area contributed by atoms with Crippen LogP contribution in [0.25, 0.3) is 0 Å². The molecule has 2 heterocycles. The predicted molar refractivity (Wildman–Crippen MR) is 122 cm³/mol. The minimum atomic E-state index is -0.510. The first-order valence-corrected chi connectivity index (χ1v) is 10.6. The Labute approximate surface area is 187 Å². The lowest BCUT2D eigenvalue weighted by Gasteiger charge is -2.34. The molecule has 0 radical (unpaired) electrons. The number of benzene rings is 1. The monoisotopic (exact) mass is 433 g/mol. The van der Waals surface area contributed by atoms with Gasteiger partial charge < -0.3 is 20.1 Å². The van der Waals surface area contributed by atoms with Crippen LogP contribution in [0.2, 0.25) is 0 Å². The summed E-state index contributed by atoms with van der Waals surface area (Å²) >= 11 is 0. The van der Waals surface area contributed by atoms with Gasteiger partial charge in [0.1, 0.15) is 5.82 Å². The van der Waals surface area contributed by atoms with Gasteiger partial charge in [0.2, 0.25) is 0 Å². The minimum absolute atomic E-state index is 0.0602. The number of amides is 1. The molecule has 2 aromatic rings. The summed E-state index contributed by atoms with van der Waals surface area (Å²) in [7, 11) is 3.14. The number of Topliss-reactive ketones (excluding diaryl/α,β-unsaturated/α-hetero) is 1. The van der Waals surface area contributed by atoms with Crippen LogP contribution in [0.5, 0.6) is 11.5 Å². The second-order valence-corrected chi connectivity index (χ2v) is 8.05. The van der Waals surface area contributed by atoms with Gasteiger partial charge in [-0.2, -0.15) is 0 Å². The average Bonchev–Trinajstić information content (AvgIpc) is 2.77. The van der Waals surface area contributed by atoms with Gasteiger partial charge in [-0.05, 0) is 62.1 Å². The Morgan fingerprint density at radius 3 is 2.59 bits per heavy atom. The predicted octanol–water partition coefficient (Wildman–Crippen LogP) is 4.01. The molecule has 2 aliphatic rings. The molecular formula is C25H27N3O4. The van der Waals surface area contributed by atoms with Gasteiger partial charge in [0.15, 0.2) is 17.3 Å². The lowest BCUT2D eigenvalue weighted by Crippen LogP contribution is -2.35. The zero-order valence-corrected chi connectivity index (χ0v) is 18.7. The molecule has 1 aromatic heterocycles. The van der Waals surface area contributed by atoms with E-state index in [0.717, 1.165) is 35.4 Å². The van der Waals surface area contributed by atoms with E-state index in [2.05, 4.69) is 15.6 Å². The molecule has 7 nitrogen and oxygen atoms in total. The topological polar surface area (TPSA) is 89.5 Å². The van der Waals surface area contributed by atoms with Crippen molar-refractivity contribution < 1.29 is 19.1 Å². The second-order valence-electron chi connectivity index (χ2n) is 8.05. The van der Waals surface area contributed by atoms with Crippen LogP contribution in [0.15, 0.2) is 59.1 Å². The summed E-state index contributed by atoms with van der Waals surface area (Å²) < 4.78 is 10.9. The second kappa shape index (κ2) is 8.86. The number of rotatable bonds is 5. The molecular weight excluding hydrogens is 406 g/mol. The number of dihydropyridines is 1. The van der Waals surface area contributed by atoms with E-state index in [9.17, 15) is 9.59 Å². The van der Waals surface area contributed by atoms with E-state index in [0.29, 0.717) is 34.9 Å². The molecule has 166 valence electrons. The standard InChI is InChI=1S/C25H27N3O4/c1-14-10-11-26-21(12-14)28-25(30)22-15(2)27-17-6-5-7-18(29)24(17)23(22)16-8-9-19(31-3)20(13-16)32-4/h8-13,23,27H,5-7H2,1-4H3,(H,26,28,30)/t23-/m1/s1. The zero-order chi connectivity index (χ0) is 22.8. The molecule has 1 aliphatic heterocycles. The fourth-order valence-corrected chi connectivity index (χ4v) is 4.44. The van der Waals surface area contributed by atoms with Gasteiger partial charge in [-0.3, -0.25) is 9.59 Å². The van der Waals surface area contributed by atoms with Crippen LogP contribution in [0.3, 0.4) is 0 Å². The molecule has 1 aliphatic carbocycles. The third kappa shape index (κ3) is 3.98. The summed E-state index contributed by atoms with van der Waals surface area (Å²) in [5, 5.41) is 6.24. The smallest absolute Gasteiger partial charge is 0.255 e. The average molecular weight is 434 g/mol. The number of methoxy groups -OCH3 is 2. The quantitative estimate of drug-likeness (QED) is 0.741. The molecule has 1 atom stereocenters. The largest absolute Gasteiger partial charge is 0.493 e. The Bertz CT molecular complexity index is 1150. The van der Waals surface area contributed by atoms with Crippen molar-refractivity contribution in [3.8, 4) is 11.5 Å². The molecule has 7 heteroatoms. The van der Waals surface area contributed by atoms with Crippen LogP contribution in [-0.4, -0.2) is 30.9 Å². The van der Waals surface area contributed by atoms with Crippen LogP contribution in [0.1, 0.15) is 43.2 Å². The van der Waals surface area contributed by atoms with Gasteiger partial charge >= 0.3 is 0 Å². The summed E-state index contributed by atoms with van der Waals surface area (Å²) in [4.78, 5) is 30.8. The summed E-state index contributed by atoms with van der Waals surface area (Å²) in [5.74, 6) is 0.860. The lowest BCUT2D eigenvalue weighted by atomic mass is 9.75. The van der Waals surface area contributed by atoms with Gasteiger partial charge in [0.05, 0.1) is 14.2 Å². The maximum absolute atomic E-state index is 13.5. The van der Waals surface area contributed by atoms with Crippen molar-refractivity contribution in [3.63, 3.8) is 0 Å². The number of pyridine rings is 1. The van der Waals surface area contributed by atoms with E-state index in [4.69, 9.17) is 9.47 Å². The van der Waals surface area contributed by atoms with Crippen LogP contribution < -0.4 is 20.1 Å². The van der Waals surface area contributed by atoms with E-state index in [-0.39, 0.29) is 11.7 Å². The fourth-order valence-electron chi connectivity index (χ4n) is 4.44. The van der Waals surface area contributed by atoms with Crippen molar-refractivity contribution >= 4 is 17.5 Å². The SMILES string of the molecule is COc1ccc([C@@H]2C(C(=O)Nc3cc(C)ccn3)=C(C)NC3=C2C(=O)CCC3)cc1OC. The molecule has 0 saturated carbocycles. The van der Waals surface area contributed by atoms with Crippen LogP contribution in [0, 0.1) is 6.92 Å². The van der Waals surface area contributed by atoms with Gasteiger partial charge in [-0.25, -0.2) is 4.98 Å². The summed E-state index contributed by atoms with van der Waals surface area (Å²) in [6.45, 7) is 3.81. The third-order valence-electron chi connectivity index (χ3n) is 5.92. The maximum Gasteiger partial charge on any atom is 0.255 e. The first-order chi connectivity index (χ1) is 15.4. The normalized spacial score (nSPS) is 18.1. The summed E-state index contributed by atoms with van der Waals surface area (Å²) in [6, 6.07) is 9.21. The van der Waals surface area contributed by atoms with Crippen molar-refractivity contribution in [1.82, 2.24) is 10.3 Å².